The summed E-state index contributed by atoms with van der Waals surface area (Å²) in [7, 11) is 1.57. The Balaban J connectivity index is 1.90. The minimum absolute atomic E-state index is 0.362. The molecule has 1 aliphatic rings. The van der Waals surface area contributed by atoms with Gasteiger partial charge in [-0.3, -0.25) is 14.5 Å². The number of nitrogens with two attached hydrogens (primary N) is 1. The van der Waals surface area contributed by atoms with Crippen LogP contribution < -0.4 is 15.4 Å². The fourth-order valence-electron chi connectivity index (χ4n) is 2.68. The van der Waals surface area contributed by atoms with Gasteiger partial charge in [-0.2, -0.15) is 0 Å². The van der Waals surface area contributed by atoms with Crippen LogP contribution in [0.5, 0.6) is 5.75 Å². The molecule has 0 radical (unpaired) electrons. The predicted octanol–water partition coefficient (Wildman–Crippen LogP) is 1.24. The van der Waals surface area contributed by atoms with Crippen molar-refractivity contribution >= 4 is 17.5 Å². The van der Waals surface area contributed by atoms with Gasteiger partial charge in [0, 0.05) is 11.3 Å². The van der Waals surface area contributed by atoms with E-state index in [1.54, 1.807) is 55.6 Å². The summed E-state index contributed by atoms with van der Waals surface area (Å²) in [6, 6.07) is 13.1. The van der Waals surface area contributed by atoms with Crippen molar-refractivity contribution in [3.05, 3.63) is 59.7 Å². The van der Waals surface area contributed by atoms with E-state index >= 15 is 0 Å². The summed E-state index contributed by atoms with van der Waals surface area (Å²) in [6.45, 7) is 0. The fourth-order valence-corrected chi connectivity index (χ4v) is 2.68. The van der Waals surface area contributed by atoms with Crippen LogP contribution in [-0.4, -0.2) is 30.1 Å². The third-order valence-electron chi connectivity index (χ3n) is 3.96. The van der Waals surface area contributed by atoms with Crippen molar-refractivity contribution < 1.29 is 19.4 Å². The van der Waals surface area contributed by atoms with Crippen molar-refractivity contribution in [2.75, 3.05) is 12.0 Å². The zero-order valence-electron chi connectivity index (χ0n) is 12.5. The Labute approximate surface area is 133 Å². The first-order valence-corrected chi connectivity index (χ1v) is 7.08. The van der Waals surface area contributed by atoms with E-state index in [4.69, 9.17) is 10.5 Å². The Morgan fingerprint density at radius 3 is 2.26 bits per heavy atom. The van der Waals surface area contributed by atoms with Crippen molar-refractivity contribution in [3.8, 4) is 5.75 Å². The number of amides is 2. The fraction of sp³-hybridized carbons (Fsp3) is 0.176. The molecule has 0 aliphatic carbocycles. The molecule has 0 saturated carbocycles. The van der Waals surface area contributed by atoms with Crippen molar-refractivity contribution in [3.63, 3.8) is 0 Å². The van der Waals surface area contributed by atoms with Crippen LogP contribution in [0.2, 0.25) is 0 Å². The van der Waals surface area contributed by atoms with E-state index in [2.05, 4.69) is 0 Å². The highest BCUT2D eigenvalue weighted by molar-refractivity contribution is 6.05. The van der Waals surface area contributed by atoms with Gasteiger partial charge in [-0.05, 0) is 42.0 Å². The smallest absolute Gasteiger partial charge is 0.259 e. The maximum absolute atomic E-state index is 12.0. The lowest BCUT2D eigenvalue weighted by Crippen LogP contribution is -2.59. The standard InChI is InChI=1S/C17H16N2O4/c1-23-13-8-6-12(7-9-13)19-14(15(20)17(19)22)10-2-4-11(5-3-10)16(18)21/h2-9,14-15,20H,1H3,(H2,18,21). The summed E-state index contributed by atoms with van der Waals surface area (Å²) in [5, 5.41) is 10.0. The summed E-state index contributed by atoms with van der Waals surface area (Å²) < 4.78 is 5.10. The molecule has 6 heteroatoms. The molecule has 2 unspecified atom stereocenters. The number of hydrogen-bond donors (Lipinski definition) is 2. The highest BCUT2D eigenvalue weighted by Gasteiger charge is 2.47. The second-order valence-corrected chi connectivity index (χ2v) is 5.28. The number of carbonyl (C=O) groups excluding carboxylic acids is 2. The molecule has 1 saturated heterocycles. The second kappa shape index (κ2) is 5.73. The van der Waals surface area contributed by atoms with Crippen LogP contribution in [0.15, 0.2) is 48.5 Å². The van der Waals surface area contributed by atoms with Crippen LogP contribution in [0.4, 0.5) is 5.69 Å². The van der Waals surface area contributed by atoms with Gasteiger partial charge in [0.15, 0.2) is 6.10 Å². The Bertz CT molecular complexity index is 740. The molecule has 0 spiro atoms. The molecule has 2 atom stereocenters. The minimum Gasteiger partial charge on any atom is -0.497 e. The molecule has 0 bridgehead atoms. The molecule has 3 rings (SSSR count). The summed E-state index contributed by atoms with van der Waals surface area (Å²) in [5.74, 6) is -0.197. The van der Waals surface area contributed by atoms with Gasteiger partial charge in [0.1, 0.15) is 5.75 Å². The highest BCUT2D eigenvalue weighted by Crippen LogP contribution is 2.39. The monoisotopic (exact) mass is 312 g/mol. The number of methoxy groups -OCH3 is 1. The normalized spacial score (nSPS) is 20.1. The van der Waals surface area contributed by atoms with E-state index in [1.165, 1.54) is 4.90 Å². The minimum atomic E-state index is -1.10. The van der Waals surface area contributed by atoms with Crippen LogP contribution in [0.3, 0.4) is 0 Å². The second-order valence-electron chi connectivity index (χ2n) is 5.28. The number of anilines is 1. The van der Waals surface area contributed by atoms with Gasteiger partial charge in [0.25, 0.3) is 5.91 Å². The first-order valence-electron chi connectivity index (χ1n) is 7.08. The molecule has 0 aromatic heterocycles. The van der Waals surface area contributed by atoms with E-state index in [0.717, 1.165) is 5.56 Å². The number of benzene rings is 2. The maximum atomic E-state index is 12.0. The third kappa shape index (κ3) is 2.53. The van der Waals surface area contributed by atoms with Gasteiger partial charge in [-0.25, -0.2) is 0 Å². The predicted molar refractivity (Wildman–Crippen MR) is 84.2 cm³/mol. The van der Waals surface area contributed by atoms with E-state index in [9.17, 15) is 14.7 Å². The van der Waals surface area contributed by atoms with Crippen LogP contribution in [0.25, 0.3) is 0 Å². The topological polar surface area (TPSA) is 92.9 Å². The molecular weight excluding hydrogens is 296 g/mol. The van der Waals surface area contributed by atoms with Crippen molar-refractivity contribution in [1.82, 2.24) is 0 Å². The Hall–Kier alpha value is -2.86. The summed E-state index contributed by atoms with van der Waals surface area (Å²) in [4.78, 5) is 24.7. The van der Waals surface area contributed by atoms with E-state index in [0.29, 0.717) is 17.0 Å². The largest absolute Gasteiger partial charge is 0.497 e. The number of carbonyl (C=O) groups is 2. The van der Waals surface area contributed by atoms with Gasteiger partial charge in [-0.15, -0.1) is 0 Å². The number of aliphatic hydroxyl groups excluding tert-OH is 1. The Morgan fingerprint density at radius 1 is 1.13 bits per heavy atom. The number of nitrogens with zero attached hydrogens (tertiary/aromatic N) is 1. The summed E-state index contributed by atoms with van der Waals surface area (Å²) >= 11 is 0. The Kier molecular flexibility index (Phi) is 3.75. The van der Waals surface area contributed by atoms with Gasteiger partial charge >= 0.3 is 0 Å². The lowest BCUT2D eigenvalue weighted by molar-refractivity contribution is -0.137. The molecule has 1 fully saturated rings. The maximum Gasteiger partial charge on any atom is 0.259 e. The average molecular weight is 312 g/mol. The number of hydrogen-bond acceptors (Lipinski definition) is 4. The zero-order valence-corrected chi connectivity index (χ0v) is 12.5. The molecule has 6 nitrogen and oxygen atoms in total. The average Bonchev–Trinajstić information content (AvgIpc) is 2.59. The van der Waals surface area contributed by atoms with Gasteiger partial charge in [-0.1, -0.05) is 12.1 Å². The number of β-lactam (4-membered cyclic amide) rings is 1. The first kappa shape index (κ1) is 15.1. The van der Waals surface area contributed by atoms with Gasteiger partial charge < -0.3 is 15.6 Å². The number of rotatable bonds is 4. The van der Waals surface area contributed by atoms with Gasteiger partial charge in [0.05, 0.1) is 13.2 Å². The molecule has 1 heterocycles. The van der Waals surface area contributed by atoms with Gasteiger partial charge in [0.2, 0.25) is 5.91 Å². The van der Waals surface area contributed by atoms with Crippen LogP contribution >= 0.6 is 0 Å². The van der Waals surface area contributed by atoms with E-state index in [-0.39, 0.29) is 5.91 Å². The molecular formula is C17H16N2O4. The highest BCUT2D eigenvalue weighted by atomic mass is 16.5. The molecule has 2 aromatic carbocycles. The molecule has 3 N–H and O–H groups in total. The molecule has 23 heavy (non-hydrogen) atoms. The molecule has 2 aromatic rings. The van der Waals surface area contributed by atoms with Crippen LogP contribution in [0.1, 0.15) is 22.0 Å². The van der Waals surface area contributed by atoms with Crippen molar-refractivity contribution in [1.29, 1.82) is 0 Å². The number of aliphatic hydroxyl groups is 1. The SMILES string of the molecule is COc1ccc(N2C(=O)C(O)C2c2ccc(C(N)=O)cc2)cc1. The third-order valence-corrected chi connectivity index (χ3v) is 3.96. The summed E-state index contributed by atoms with van der Waals surface area (Å²) in [6.07, 6.45) is -1.10. The van der Waals surface area contributed by atoms with E-state index in [1.807, 2.05) is 0 Å². The molecule has 1 aliphatic heterocycles. The number of primary amides is 1. The zero-order chi connectivity index (χ0) is 16.6. The van der Waals surface area contributed by atoms with Crippen molar-refractivity contribution in [2.24, 2.45) is 5.73 Å². The van der Waals surface area contributed by atoms with Crippen LogP contribution in [0, 0.1) is 0 Å². The van der Waals surface area contributed by atoms with E-state index < -0.39 is 18.1 Å². The lowest BCUT2D eigenvalue weighted by Gasteiger charge is -2.44. The quantitative estimate of drug-likeness (QED) is 0.831. The number of ether oxygens (including phenoxy) is 1. The molecule has 2 amide bonds. The van der Waals surface area contributed by atoms with Crippen molar-refractivity contribution in [2.45, 2.75) is 12.1 Å². The Morgan fingerprint density at radius 2 is 1.74 bits per heavy atom. The van der Waals surface area contributed by atoms with Crippen LogP contribution in [-0.2, 0) is 4.79 Å². The first-order chi connectivity index (χ1) is 11.0. The molecule has 118 valence electrons. The lowest BCUT2D eigenvalue weighted by atomic mass is 9.89. The summed E-state index contributed by atoms with van der Waals surface area (Å²) in [5.41, 5.74) is 7.00.